The first kappa shape index (κ1) is 9.49. The van der Waals surface area contributed by atoms with E-state index < -0.39 is 0 Å². The summed E-state index contributed by atoms with van der Waals surface area (Å²) in [6, 6.07) is 0. The van der Waals surface area contributed by atoms with Crippen molar-refractivity contribution >= 4 is 11.8 Å². The minimum Gasteiger partial charge on any atom is -0.352 e. The lowest BCUT2D eigenvalue weighted by Gasteiger charge is -2.46. The second-order valence-corrected chi connectivity index (χ2v) is 6.01. The molecule has 0 aromatic heterocycles. The van der Waals surface area contributed by atoms with Crippen LogP contribution in [0.4, 0.5) is 0 Å². The highest BCUT2D eigenvalue weighted by Gasteiger charge is 2.66. The predicted molar refractivity (Wildman–Crippen MR) is 59.6 cm³/mol. The van der Waals surface area contributed by atoms with Crippen LogP contribution in [0.15, 0.2) is 0 Å². The lowest BCUT2D eigenvalue weighted by atomic mass is 9.86. The monoisotopic (exact) mass is 213 g/mol. The third kappa shape index (κ3) is 1.06. The van der Waals surface area contributed by atoms with Gasteiger partial charge in [0, 0.05) is 13.1 Å². The Hall–Kier alpha value is 0.270. The molecule has 3 atom stereocenters. The average Bonchev–Trinajstić information content (AvgIpc) is 2.99. The third-order valence-electron chi connectivity index (χ3n) is 4.30. The maximum atomic E-state index is 5.88. The first-order valence-corrected chi connectivity index (χ1v) is 7.00. The summed E-state index contributed by atoms with van der Waals surface area (Å²) in [4.78, 5) is 2.62. The first-order chi connectivity index (χ1) is 6.83. The standard InChI is InChI=1S/C11H19NOS/c1-14-10-5-2-3-7-12(8-4-6-10)11(10)9-13-11/h2-9H2,1H3/t10-,11+/m1/s1. The Morgan fingerprint density at radius 1 is 1.14 bits per heavy atom. The van der Waals surface area contributed by atoms with Crippen molar-refractivity contribution in [1.29, 1.82) is 0 Å². The van der Waals surface area contributed by atoms with E-state index in [0.29, 0.717) is 4.75 Å². The first-order valence-electron chi connectivity index (χ1n) is 5.77. The number of nitrogens with zero attached hydrogens (tertiary/aromatic N) is 1. The van der Waals surface area contributed by atoms with Gasteiger partial charge in [0.15, 0.2) is 5.72 Å². The molecular weight excluding hydrogens is 194 g/mol. The smallest absolute Gasteiger partial charge is 0.160 e. The summed E-state index contributed by atoms with van der Waals surface area (Å²) in [5, 5.41) is 0. The summed E-state index contributed by atoms with van der Waals surface area (Å²) in [5.41, 5.74) is 0.168. The van der Waals surface area contributed by atoms with Gasteiger partial charge in [0.2, 0.25) is 0 Å². The van der Waals surface area contributed by atoms with Gasteiger partial charge in [-0.2, -0.15) is 11.8 Å². The summed E-state index contributed by atoms with van der Waals surface area (Å²) >= 11 is 2.06. The second kappa shape index (κ2) is 3.13. The molecule has 0 aromatic carbocycles. The van der Waals surface area contributed by atoms with Crippen molar-refractivity contribution in [3.63, 3.8) is 0 Å². The van der Waals surface area contributed by atoms with Crippen molar-refractivity contribution < 1.29 is 4.74 Å². The summed E-state index contributed by atoms with van der Waals surface area (Å²) < 4.78 is 6.32. The van der Waals surface area contributed by atoms with Crippen LogP contribution in [0.1, 0.15) is 32.1 Å². The van der Waals surface area contributed by atoms with E-state index in [1.165, 1.54) is 45.2 Å². The number of epoxide rings is 1. The van der Waals surface area contributed by atoms with Gasteiger partial charge >= 0.3 is 0 Å². The van der Waals surface area contributed by atoms with E-state index in [0.717, 1.165) is 6.61 Å². The van der Waals surface area contributed by atoms with E-state index in [2.05, 4.69) is 22.9 Å². The zero-order valence-electron chi connectivity index (χ0n) is 8.92. The van der Waals surface area contributed by atoms with Crippen LogP contribution in [0, 0.1) is 0 Å². The molecule has 1 unspecified atom stereocenters. The Morgan fingerprint density at radius 3 is 2.57 bits per heavy atom. The van der Waals surface area contributed by atoms with Gasteiger partial charge in [-0.05, 0) is 31.9 Å². The zero-order valence-corrected chi connectivity index (χ0v) is 9.74. The van der Waals surface area contributed by atoms with Crippen LogP contribution in [-0.2, 0) is 4.74 Å². The molecule has 0 radical (unpaired) electrons. The Bertz CT molecular complexity index is 241. The quantitative estimate of drug-likeness (QED) is 0.620. The van der Waals surface area contributed by atoms with Gasteiger partial charge in [-0.15, -0.1) is 0 Å². The molecule has 14 heavy (non-hydrogen) atoms. The molecule has 0 saturated carbocycles. The Labute approximate surface area is 90.4 Å². The molecule has 3 aliphatic rings. The molecule has 3 aliphatic heterocycles. The van der Waals surface area contributed by atoms with Crippen molar-refractivity contribution in [1.82, 2.24) is 4.90 Å². The van der Waals surface area contributed by atoms with Gasteiger partial charge in [0.25, 0.3) is 0 Å². The van der Waals surface area contributed by atoms with Crippen LogP contribution in [-0.4, -0.2) is 41.3 Å². The maximum absolute atomic E-state index is 5.88. The molecule has 3 saturated heterocycles. The normalized spacial score (nSPS) is 51.6. The molecule has 0 aromatic rings. The fraction of sp³-hybridized carbons (Fsp3) is 1.00. The molecule has 2 bridgehead atoms. The largest absolute Gasteiger partial charge is 0.352 e. The SMILES string of the molecule is CS[C@]12CCCCN(CCC1)[C@]21CO1. The number of hydrogen-bond acceptors (Lipinski definition) is 3. The molecule has 0 amide bonds. The third-order valence-corrected chi connectivity index (χ3v) is 5.81. The van der Waals surface area contributed by atoms with Crippen molar-refractivity contribution in [2.24, 2.45) is 0 Å². The van der Waals surface area contributed by atoms with Crippen LogP contribution in [0.3, 0.4) is 0 Å². The average molecular weight is 213 g/mol. The molecule has 2 nitrogen and oxygen atoms in total. The van der Waals surface area contributed by atoms with Crippen LogP contribution >= 0.6 is 11.8 Å². The van der Waals surface area contributed by atoms with E-state index in [-0.39, 0.29) is 5.72 Å². The number of hydrogen-bond donors (Lipinski definition) is 0. The zero-order chi connectivity index (χ0) is 9.65. The second-order valence-electron chi connectivity index (χ2n) is 4.82. The Balaban J connectivity index is 1.97. The van der Waals surface area contributed by atoms with Crippen LogP contribution in [0.2, 0.25) is 0 Å². The van der Waals surface area contributed by atoms with E-state index in [4.69, 9.17) is 4.74 Å². The number of ether oxygens (including phenoxy) is 1. The fourth-order valence-corrected chi connectivity index (χ4v) is 4.69. The molecule has 80 valence electrons. The van der Waals surface area contributed by atoms with Crippen molar-refractivity contribution in [2.45, 2.75) is 42.6 Å². The number of thioether (sulfide) groups is 1. The van der Waals surface area contributed by atoms with E-state index in [1.54, 1.807) is 0 Å². The van der Waals surface area contributed by atoms with E-state index >= 15 is 0 Å². The summed E-state index contributed by atoms with van der Waals surface area (Å²) in [5.74, 6) is 0. The highest BCUT2D eigenvalue weighted by molar-refractivity contribution is 8.00. The predicted octanol–water partition coefficient (Wildman–Crippen LogP) is 2.09. The molecule has 3 fully saturated rings. The summed E-state index contributed by atoms with van der Waals surface area (Å²) in [7, 11) is 0. The topological polar surface area (TPSA) is 15.8 Å². The molecule has 0 aliphatic carbocycles. The molecule has 0 N–H and O–H groups in total. The van der Waals surface area contributed by atoms with Crippen molar-refractivity contribution in [3.8, 4) is 0 Å². The van der Waals surface area contributed by atoms with E-state index in [9.17, 15) is 0 Å². The Morgan fingerprint density at radius 2 is 1.86 bits per heavy atom. The van der Waals surface area contributed by atoms with Gasteiger partial charge in [-0.25, -0.2) is 0 Å². The van der Waals surface area contributed by atoms with Crippen LogP contribution in [0.5, 0.6) is 0 Å². The molecule has 1 spiro atoms. The highest BCUT2D eigenvalue weighted by Crippen LogP contribution is 2.57. The molecule has 3 heterocycles. The van der Waals surface area contributed by atoms with Crippen molar-refractivity contribution in [3.05, 3.63) is 0 Å². The molecular formula is C11H19NOS. The van der Waals surface area contributed by atoms with Gasteiger partial charge < -0.3 is 4.74 Å². The number of rotatable bonds is 1. The molecule has 3 rings (SSSR count). The van der Waals surface area contributed by atoms with Gasteiger partial charge in [-0.3, -0.25) is 4.90 Å². The highest BCUT2D eigenvalue weighted by atomic mass is 32.2. The van der Waals surface area contributed by atoms with Gasteiger partial charge in [-0.1, -0.05) is 6.42 Å². The lowest BCUT2D eigenvalue weighted by molar-refractivity contribution is 0.0199. The lowest BCUT2D eigenvalue weighted by Crippen LogP contribution is -2.57. The summed E-state index contributed by atoms with van der Waals surface area (Å²) in [6.07, 6.45) is 9.13. The number of piperidine rings is 1. The van der Waals surface area contributed by atoms with Crippen molar-refractivity contribution in [2.75, 3.05) is 26.0 Å². The van der Waals surface area contributed by atoms with Crippen LogP contribution < -0.4 is 0 Å². The van der Waals surface area contributed by atoms with E-state index in [1.807, 2.05) is 0 Å². The minimum absolute atomic E-state index is 0.168. The maximum Gasteiger partial charge on any atom is 0.160 e. The van der Waals surface area contributed by atoms with Gasteiger partial charge in [0.1, 0.15) is 0 Å². The van der Waals surface area contributed by atoms with Gasteiger partial charge in [0.05, 0.1) is 11.4 Å². The summed E-state index contributed by atoms with van der Waals surface area (Å²) in [6.45, 7) is 3.53. The minimum atomic E-state index is 0.168. The Kier molecular flexibility index (Phi) is 2.12. The fourth-order valence-electron chi connectivity index (χ4n) is 3.42. The van der Waals surface area contributed by atoms with Crippen LogP contribution in [0.25, 0.3) is 0 Å². The molecule has 3 heteroatoms.